The van der Waals surface area contributed by atoms with Gasteiger partial charge in [0, 0.05) is 19.3 Å². The number of amides is 1. The van der Waals surface area contributed by atoms with Crippen molar-refractivity contribution in [3.05, 3.63) is 58.7 Å². The number of benzene rings is 1. The molecular weight excluding hydrogens is 286 g/mol. The summed E-state index contributed by atoms with van der Waals surface area (Å²) in [5.74, 6) is 0.465. The number of anilines is 1. The molecule has 0 unspecified atom stereocenters. The first-order chi connectivity index (χ1) is 10.2. The smallest absolute Gasteiger partial charge is 0.253 e. The third-order valence-electron chi connectivity index (χ3n) is 3.00. The topological polar surface area (TPSA) is 54.0 Å². The minimum atomic E-state index is -0.183. The molecule has 2 rings (SSSR count). The highest BCUT2D eigenvalue weighted by Gasteiger charge is 2.11. The van der Waals surface area contributed by atoms with Crippen LogP contribution in [0.4, 0.5) is 5.82 Å². The van der Waals surface area contributed by atoms with Crippen LogP contribution in [0.1, 0.15) is 22.8 Å². The number of hydrogen-bond acceptors (Lipinski definition) is 3. The Morgan fingerprint density at radius 3 is 2.76 bits per heavy atom. The zero-order valence-corrected chi connectivity index (χ0v) is 12.7. The third-order valence-corrected chi connectivity index (χ3v) is 3.30. The van der Waals surface area contributed by atoms with E-state index >= 15 is 0 Å². The van der Waals surface area contributed by atoms with Gasteiger partial charge in [0.05, 0.1) is 10.6 Å². The molecule has 1 aromatic carbocycles. The summed E-state index contributed by atoms with van der Waals surface area (Å²) in [6.07, 6.45) is 2.28. The summed E-state index contributed by atoms with van der Waals surface area (Å²) in [6, 6.07) is 11.7. The van der Waals surface area contributed by atoms with Crippen LogP contribution in [-0.2, 0) is 6.42 Å². The molecule has 0 saturated carbocycles. The molecule has 0 saturated heterocycles. The molecule has 0 spiro atoms. The van der Waals surface area contributed by atoms with E-state index in [2.05, 4.69) is 15.6 Å². The average molecular weight is 304 g/mol. The summed E-state index contributed by atoms with van der Waals surface area (Å²) in [7, 11) is 0. The molecule has 5 heteroatoms. The minimum Gasteiger partial charge on any atom is -0.370 e. The van der Waals surface area contributed by atoms with Gasteiger partial charge in [-0.05, 0) is 25.0 Å². The molecule has 110 valence electrons. The molecular formula is C16H18ClN3O. The first-order valence-corrected chi connectivity index (χ1v) is 7.30. The third kappa shape index (κ3) is 4.46. The molecule has 21 heavy (non-hydrogen) atoms. The summed E-state index contributed by atoms with van der Waals surface area (Å²) in [6.45, 7) is 3.28. The number of nitrogens with one attached hydrogen (secondary N) is 2. The summed E-state index contributed by atoms with van der Waals surface area (Å²) in [4.78, 5) is 16.3. The van der Waals surface area contributed by atoms with Gasteiger partial charge in [-0.3, -0.25) is 4.79 Å². The van der Waals surface area contributed by atoms with Crippen LogP contribution in [0.3, 0.4) is 0 Å². The lowest BCUT2D eigenvalue weighted by atomic mass is 10.1. The Bertz CT molecular complexity index is 602. The van der Waals surface area contributed by atoms with Crippen molar-refractivity contribution in [1.29, 1.82) is 0 Å². The van der Waals surface area contributed by atoms with Crippen LogP contribution in [0.15, 0.2) is 42.6 Å². The van der Waals surface area contributed by atoms with E-state index in [1.807, 2.05) is 37.3 Å². The second-order valence-corrected chi connectivity index (χ2v) is 4.98. The van der Waals surface area contributed by atoms with E-state index in [1.54, 1.807) is 6.07 Å². The van der Waals surface area contributed by atoms with Crippen molar-refractivity contribution < 1.29 is 4.79 Å². The lowest BCUT2D eigenvalue weighted by molar-refractivity contribution is 0.0954. The first-order valence-electron chi connectivity index (χ1n) is 6.92. The Balaban J connectivity index is 1.95. The van der Waals surface area contributed by atoms with E-state index in [-0.39, 0.29) is 5.91 Å². The largest absolute Gasteiger partial charge is 0.370 e. The number of carbonyl (C=O) groups excluding carboxylic acids is 1. The standard InChI is InChI=1S/C16H18ClN3O/c1-2-18-15-10-13(14(17)11-20-15)16(21)19-9-8-12-6-4-3-5-7-12/h3-7,10-11H,2,8-9H2,1H3,(H,18,20)(H,19,21). The van der Waals surface area contributed by atoms with E-state index in [0.29, 0.717) is 22.9 Å². The van der Waals surface area contributed by atoms with Crippen molar-refractivity contribution in [2.24, 2.45) is 0 Å². The van der Waals surface area contributed by atoms with E-state index in [4.69, 9.17) is 11.6 Å². The van der Waals surface area contributed by atoms with E-state index < -0.39 is 0 Å². The fourth-order valence-corrected chi connectivity index (χ4v) is 2.14. The Morgan fingerprint density at radius 1 is 1.29 bits per heavy atom. The van der Waals surface area contributed by atoms with Gasteiger partial charge in [-0.15, -0.1) is 0 Å². The van der Waals surface area contributed by atoms with Crippen LogP contribution in [0.25, 0.3) is 0 Å². The molecule has 1 aromatic heterocycles. The van der Waals surface area contributed by atoms with Gasteiger partial charge in [0.15, 0.2) is 0 Å². The van der Waals surface area contributed by atoms with Gasteiger partial charge in [-0.2, -0.15) is 0 Å². The Labute approximate surface area is 129 Å². The van der Waals surface area contributed by atoms with Gasteiger partial charge in [0.25, 0.3) is 5.91 Å². The Hall–Kier alpha value is -2.07. The Kier molecular flexibility index (Phi) is 5.58. The zero-order valence-electron chi connectivity index (χ0n) is 11.9. The maximum absolute atomic E-state index is 12.2. The normalized spacial score (nSPS) is 10.2. The van der Waals surface area contributed by atoms with Gasteiger partial charge in [0.1, 0.15) is 5.82 Å². The number of hydrogen-bond donors (Lipinski definition) is 2. The molecule has 4 nitrogen and oxygen atoms in total. The summed E-state index contributed by atoms with van der Waals surface area (Å²) >= 11 is 6.04. The van der Waals surface area contributed by atoms with Crippen LogP contribution in [0.2, 0.25) is 5.02 Å². The average Bonchev–Trinajstić information content (AvgIpc) is 2.50. The maximum Gasteiger partial charge on any atom is 0.253 e. The van der Waals surface area contributed by atoms with E-state index in [0.717, 1.165) is 13.0 Å². The van der Waals surface area contributed by atoms with Gasteiger partial charge < -0.3 is 10.6 Å². The molecule has 0 fully saturated rings. The van der Waals surface area contributed by atoms with Crippen molar-refractivity contribution in [2.75, 3.05) is 18.4 Å². The van der Waals surface area contributed by atoms with E-state index in [9.17, 15) is 4.79 Å². The first kappa shape index (κ1) is 15.3. The predicted molar refractivity (Wildman–Crippen MR) is 85.9 cm³/mol. The van der Waals surface area contributed by atoms with Gasteiger partial charge in [-0.25, -0.2) is 4.98 Å². The maximum atomic E-state index is 12.2. The van der Waals surface area contributed by atoms with Gasteiger partial charge in [-0.1, -0.05) is 41.9 Å². The van der Waals surface area contributed by atoms with Crippen LogP contribution in [-0.4, -0.2) is 24.0 Å². The number of rotatable bonds is 6. The number of halogens is 1. The minimum absolute atomic E-state index is 0.183. The number of aromatic nitrogens is 1. The lowest BCUT2D eigenvalue weighted by Gasteiger charge is -2.09. The Morgan fingerprint density at radius 2 is 2.05 bits per heavy atom. The number of nitrogens with zero attached hydrogens (tertiary/aromatic N) is 1. The summed E-state index contributed by atoms with van der Waals surface area (Å²) in [5.41, 5.74) is 1.63. The molecule has 0 aliphatic carbocycles. The van der Waals surface area contributed by atoms with Crippen molar-refractivity contribution in [3.8, 4) is 0 Å². The number of pyridine rings is 1. The van der Waals surface area contributed by atoms with Crippen molar-refractivity contribution in [3.63, 3.8) is 0 Å². The second-order valence-electron chi connectivity index (χ2n) is 4.57. The van der Waals surface area contributed by atoms with Crippen molar-refractivity contribution in [2.45, 2.75) is 13.3 Å². The van der Waals surface area contributed by atoms with Crippen molar-refractivity contribution >= 4 is 23.3 Å². The monoisotopic (exact) mass is 303 g/mol. The highest BCUT2D eigenvalue weighted by atomic mass is 35.5. The van der Waals surface area contributed by atoms with Crippen LogP contribution in [0, 0.1) is 0 Å². The van der Waals surface area contributed by atoms with Crippen LogP contribution >= 0.6 is 11.6 Å². The molecule has 0 atom stereocenters. The fourth-order valence-electron chi connectivity index (χ4n) is 1.95. The van der Waals surface area contributed by atoms with E-state index in [1.165, 1.54) is 11.8 Å². The molecule has 1 amide bonds. The summed E-state index contributed by atoms with van der Waals surface area (Å²) < 4.78 is 0. The van der Waals surface area contributed by atoms with Gasteiger partial charge in [0.2, 0.25) is 0 Å². The van der Waals surface area contributed by atoms with Crippen LogP contribution < -0.4 is 10.6 Å². The molecule has 1 heterocycles. The quantitative estimate of drug-likeness (QED) is 0.862. The predicted octanol–water partition coefficient (Wildman–Crippen LogP) is 3.14. The van der Waals surface area contributed by atoms with Crippen molar-refractivity contribution in [1.82, 2.24) is 10.3 Å². The molecule has 2 aromatic rings. The molecule has 0 aliphatic heterocycles. The number of carbonyl (C=O) groups is 1. The molecule has 0 bridgehead atoms. The second kappa shape index (κ2) is 7.64. The SMILES string of the molecule is CCNc1cc(C(=O)NCCc2ccccc2)c(Cl)cn1. The zero-order chi connectivity index (χ0) is 15.1. The highest BCUT2D eigenvalue weighted by molar-refractivity contribution is 6.33. The molecule has 2 N–H and O–H groups in total. The summed E-state index contributed by atoms with van der Waals surface area (Å²) in [5, 5.41) is 6.30. The molecule has 0 radical (unpaired) electrons. The van der Waals surface area contributed by atoms with Crippen LogP contribution in [0.5, 0.6) is 0 Å². The molecule has 0 aliphatic rings. The lowest BCUT2D eigenvalue weighted by Crippen LogP contribution is -2.26. The van der Waals surface area contributed by atoms with Gasteiger partial charge >= 0.3 is 0 Å². The highest BCUT2D eigenvalue weighted by Crippen LogP contribution is 2.17. The fraction of sp³-hybridized carbons (Fsp3) is 0.250.